The van der Waals surface area contributed by atoms with Crippen LogP contribution in [0.1, 0.15) is 22.0 Å². The number of aryl methyl sites for hydroxylation is 1. The van der Waals surface area contributed by atoms with Crippen molar-refractivity contribution in [1.29, 1.82) is 0 Å². The molecule has 0 saturated heterocycles. The average Bonchev–Trinajstić information content (AvgIpc) is 3.30. The number of nitrogens with zero attached hydrogens (tertiary/aromatic N) is 3. The van der Waals surface area contributed by atoms with Gasteiger partial charge in [0, 0.05) is 24.5 Å². The Morgan fingerprint density at radius 1 is 1.22 bits per heavy atom. The zero-order valence-corrected chi connectivity index (χ0v) is 14.5. The van der Waals surface area contributed by atoms with E-state index in [1.165, 1.54) is 6.20 Å². The Morgan fingerprint density at radius 2 is 2.04 bits per heavy atom. The standard InChI is InChI=1S/C18H18N6O3/c1-11-22-10-14(24(11)15-6-2-3-7-21-15)18(27)23-13(16(25)17(19)26)9-12-5-4-8-20-12/h2-8,10,13,20H,9H2,1H3,(H2,19,26)(H,23,27). The molecular formula is C18H18N6O3. The summed E-state index contributed by atoms with van der Waals surface area (Å²) in [4.78, 5) is 47.6. The van der Waals surface area contributed by atoms with Gasteiger partial charge in [-0.25, -0.2) is 9.97 Å². The number of pyridine rings is 1. The fourth-order valence-corrected chi connectivity index (χ4v) is 2.71. The van der Waals surface area contributed by atoms with Crippen LogP contribution in [0.3, 0.4) is 0 Å². The molecule has 138 valence electrons. The van der Waals surface area contributed by atoms with Gasteiger partial charge in [-0.2, -0.15) is 0 Å². The number of hydrogen-bond acceptors (Lipinski definition) is 5. The highest BCUT2D eigenvalue weighted by Crippen LogP contribution is 2.13. The van der Waals surface area contributed by atoms with Gasteiger partial charge in [-0.3, -0.25) is 19.0 Å². The number of aromatic nitrogens is 4. The summed E-state index contributed by atoms with van der Waals surface area (Å²) in [6.45, 7) is 1.73. The highest BCUT2D eigenvalue weighted by Gasteiger charge is 2.27. The van der Waals surface area contributed by atoms with Crippen LogP contribution in [0.5, 0.6) is 0 Å². The maximum Gasteiger partial charge on any atom is 0.287 e. The first-order chi connectivity index (χ1) is 13.0. The van der Waals surface area contributed by atoms with Gasteiger partial charge in [0.15, 0.2) is 0 Å². The van der Waals surface area contributed by atoms with Gasteiger partial charge in [0.1, 0.15) is 23.4 Å². The fourth-order valence-electron chi connectivity index (χ4n) is 2.71. The second kappa shape index (κ2) is 7.65. The number of imidazole rings is 1. The Hall–Kier alpha value is -3.75. The van der Waals surface area contributed by atoms with E-state index in [1.54, 1.807) is 54.2 Å². The molecule has 4 N–H and O–H groups in total. The quantitative estimate of drug-likeness (QED) is 0.517. The molecule has 27 heavy (non-hydrogen) atoms. The molecule has 9 heteroatoms. The van der Waals surface area contributed by atoms with Crippen molar-refractivity contribution in [3.63, 3.8) is 0 Å². The molecule has 0 fully saturated rings. The van der Waals surface area contributed by atoms with Gasteiger partial charge >= 0.3 is 0 Å². The van der Waals surface area contributed by atoms with Gasteiger partial charge in [0.2, 0.25) is 5.78 Å². The Morgan fingerprint density at radius 3 is 2.67 bits per heavy atom. The number of carbonyl (C=O) groups is 3. The topological polar surface area (TPSA) is 136 Å². The van der Waals surface area contributed by atoms with Crippen LogP contribution in [0.2, 0.25) is 0 Å². The van der Waals surface area contributed by atoms with E-state index in [1.807, 2.05) is 0 Å². The zero-order chi connectivity index (χ0) is 19.4. The second-order valence-electron chi connectivity index (χ2n) is 5.87. The summed E-state index contributed by atoms with van der Waals surface area (Å²) in [5, 5.41) is 2.58. The lowest BCUT2D eigenvalue weighted by atomic mass is 10.1. The SMILES string of the molecule is Cc1ncc(C(=O)NC(Cc2ccc[nH]2)C(=O)C(N)=O)n1-c1ccccn1. The minimum absolute atomic E-state index is 0.108. The van der Waals surface area contributed by atoms with E-state index in [2.05, 4.69) is 20.3 Å². The van der Waals surface area contributed by atoms with Gasteiger partial charge in [0.25, 0.3) is 11.8 Å². The molecule has 0 spiro atoms. The molecule has 3 heterocycles. The molecule has 0 aliphatic rings. The van der Waals surface area contributed by atoms with Crippen molar-refractivity contribution < 1.29 is 14.4 Å². The van der Waals surface area contributed by atoms with Gasteiger partial charge in [-0.1, -0.05) is 6.07 Å². The van der Waals surface area contributed by atoms with Crippen LogP contribution >= 0.6 is 0 Å². The first-order valence-corrected chi connectivity index (χ1v) is 8.20. The van der Waals surface area contributed by atoms with Crippen molar-refractivity contribution in [2.75, 3.05) is 0 Å². The number of aromatic amines is 1. The number of H-pyrrole nitrogens is 1. The third-order valence-electron chi connectivity index (χ3n) is 4.00. The number of ketones is 1. The third kappa shape index (κ3) is 3.92. The summed E-state index contributed by atoms with van der Waals surface area (Å²) in [6.07, 6.45) is 4.78. The Labute approximate surface area is 154 Å². The molecule has 3 aromatic rings. The lowest BCUT2D eigenvalue weighted by Crippen LogP contribution is -2.47. The van der Waals surface area contributed by atoms with E-state index in [0.29, 0.717) is 17.3 Å². The van der Waals surface area contributed by atoms with E-state index in [0.717, 1.165) is 0 Å². The summed E-state index contributed by atoms with van der Waals surface area (Å²) < 4.78 is 1.57. The summed E-state index contributed by atoms with van der Waals surface area (Å²) in [6, 6.07) is 7.68. The normalized spacial score (nSPS) is 11.7. The van der Waals surface area contributed by atoms with Gasteiger partial charge in [-0.15, -0.1) is 0 Å². The average molecular weight is 366 g/mol. The molecule has 1 atom stereocenters. The maximum atomic E-state index is 12.8. The number of hydrogen-bond donors (Lipinski definition) is 3. The summed E-state index contributed by atoms with van der Waals surface area (Å²) in [7, 11) is 0. The van der Waals surface area contributed by atoms with E-state index < -0.39 is 23.6 Å². The van der Waals surface area contributed by atoms with Crippen molar-refractivity contribution in [1.82, 2.24) is 24.8 Å². The van der Waals surface area contributed by atoms with E-state index in [-0.39, 0.29) is 12.1 Å². The number of primary amides is 1. The molecule has 0 saturated carbocycles. The molecule has 1 unspecified atom stereocenters. The van der Waals surface area contributed by atoms with Crippen LogP contribution in [0.4, 0.5) is 0 Å². The van der Waals surface area contributed by atoms with Crippen molar-refractivity contribution in [2.24, 2.45) is 5.73 Å². The number of Topliss-reactive ketones (excluding diaryl/α,β-unsaturated/α-hetero) is 1. The van der Waals surface area contributed by atoms with Crippen molar-refractivity contribution in [3.8, 4) is 5.82 Å². The van der Waals surface area contributed by atoms with Gasteiger partial charge in [0.05, 0.1) is 6.20 Å². The molecule has 0 bridgehead atoms. The molecule has 2 amide bonds. The number of nitrogens with one attached hydrogen (secondary N) is 2. The van der Waals surface area contributed by atoms with Crippen LogP contribution in [-0.4, -0.2) is 43.2 Å². The Kier molecular flexibility index (Phi) is 5.11. The van der Waals surface area contributed by atoms with E-state index in [9.17, 15) is 14.4 Å². The second-order valence-corrected chi connectivity index (χ2v) is 5.87. The highest BCUT2D eigenvalue weighted by molar-refractivity contribution is 6.38. The smallest absolute Gasteiger partial charge is 0.287 e. The number of carbonyl (C=O) groups excluding carboxylic acids is 3. The van der Waals surface area contributed by atoms with Gasteiger partial charge in [-0.05, 0) is 31.2 Å². The minimum Gasteiger partial charge on any atom is -0.365 e. The summed E-state index contributed by atoms with van der Waals surface area (Å²) >= 11 is 0. The van der Waals surface area contributed by atoms with Crippen molar-refractivity contribution in [2.45, 2.75) is 19.4 Å². The van der Waals surface area contributed by atoms with Crippen LogP contribution in [0, 0.1) is 6.92 Å². The maximum absolute atomic E-state index is 12.8. The monoisotopic (exact) mass is 366 g/mol. The van der Waals surface area contributed by atoms with Crippen LogP contribution in [0.25, 0.3) is 5.82 Å². The number of amides is 2. The molecule has 0 radical (unpaired) electrons. The molecule has 3 rings (SSSR count). The third-order valence-corrected chi connectivity index (χ3v) is 4.00. The molecule has 0 aliphatic carbocycles. The highest BCUT2D eigenvalue weighted by atomic mass is 16.2. The first kappa shape index (κ1) is 18.1. The number of rotatable bonds is 7. The van der Waals surface area contributed by atoms with Gasteiger partial charge < -0.3 is 16.0 Å². The predicted octanol–water partition coefficient (Wildman–Crippen LogP) is 0.299. The van der Waals surface area contributed by atoms with E-state index >= 15 is 0 Å². The van der Waals surface area contributed by atoms with Crippen molar-refractivity contribution >= 4 is 17.6 Å². The zero-order valence-electron chi connectivity index (χ0n) is 14.5. The minimum atomic E-state index is -1.11. The fraction of sp³-hybridized carbons (Fsp3) is 0.167. The first-order valence-electron chi connectivity index (χ1n) is 8.20. The van der Waals surface area contributed by atoms with E-state index in [4.69, 9.17) is 5.73 Å². The Balaban J connectivity index is 1.88. The summed E-state index contributed by atoms with van der Waals surface area (Å²) in [5.74, 6) is -1.48. The van der Waals surface area contributed by atoms with Crippen LogP contribution < -0.4 is 11.1 Å². The lowest BCUT2D eigenvalue weighted by molar-refractivity contribution is -0.137. The molecule has 0 aliphatic heterocycles. The molecule has 0 aromatic carbocycles. The predicted molar refractivity (Wildman–Crippen MR) is 96.0 cm³/mol. The molecule has 9 nitrogen and oxygen atoms in total. The largest absolute Gasteiger partial charge is 0.365 e. The summed E-state index contributed by atoms with van der Waals surface area (Å²) in [5.41, 5.74) is 6.01. The van der Waals surface area contributed by atoms with Crippen LogP contribution in [0.15, 0.2) is 48.9 Å². The molecular weight excluding hydrogens is 348 g/mol. The lowest BCUT2D eigenvalue weighted by Gasteiger charge is -2.16. The Bertz CT molecular complexity index is 962. The molecule has 3 aromatic heterocycles. The number of nitrogens with two attached hydrogens (primary N) is 1. The van der Waals surface area contributed by atoms with Crippen LogP contribution in [-0.2, 0) is 16.0 Å². The van der Waals surface area contributed by atoms with Crippen molar-refractivity contribution in [3.05, 3.63) is 66.1 Å².